The molecule has 0 aliphatic rings. The molecule has 0 radical (unpaired) electrons. The van der Waals surface area contributed by atoms with Crippen LogP contribution in [0.1, 0.15) is 16.1 Å². The molecule has 5 heteroatoms. The summed E-state index contributed by atoms with van der Waals surface area (Å²) in [6.45, 7) is 3.20. The standard InChI is InChI=1S/C13H15ClN2OS/c1-9-13(18-8-16-9)4-5-17-7-10-2-3-11(15)6-12(10)14/h2-3,6,8H,4-5,7,15H2,1H3. The second-order valence-corrected chi connectivity index (χ2v) is 5.36. The van der Waals surface area contributed by atoms with Crippen molar-refractivity contribution in [2.24, 2.45) is 0 Å². The maximum absolute atomic E-state index is 6.07. The molecule has 0 spiro atoms. The van der Waals surface area contributed by atoms with Crippen LogP contribution >= 0.6 is 22.9 Å². The van der Waals surface area contributed by atoms with Gasteiger partial charge in [0.1, 0.15) is 0 Å². The van der Waals surface area contributed by atoms with Crippen molar-refractivity contribution in [1.82, 2.24) is 4.98 Å². The highest BCUT2D eigenvalue weighted by atomic mass is 35.5. The molecular formula is C13H15ClN2OS. The molecule has 0 atom stereocenters. The molecule has 1 aromatic heterocycles. The van der Waals surface area contributed by atoms with Gasteiger partial charge >= 0.3 is 0 Å². The molecule has 96 valence electrons. The molecule has 18 heavy (non-hydrogen) atoms. The molecule has 0 bridgehead atoms. The number of aryl methyl sites for hydroxylation is 1. The summed E-state index contributed by atoms with van der Waals surface area (Å²) >= 11 is 7.73. The maximum atomic E-state index is 6.07. The number of nitrogen functional groups attached to an aromatic ring is 1. The average Bonchev–Trinajstić information content (AvgIpc) is 2.73. The van der Waals surface area contributed by atoms with Crippen LogP contribution in [0.2, 0.25) is 5.02 Å². The van der Waals surface area contributed by atoms with E-state index in [4.69, 9.17) is 22.1 Å². The molecule has 2 rings (SSSR count). The van der Waals surface area contributed by atoms with Crippen LogP contribution in [-0.2, 0) is 17.8 Å². The van der Waals surface area contributed by atoms with Gasteiger partial charge in [-0.3, -0.25) is 0 Å². The van der Waals surface area contributed by atoms with E-state index in [0.29, 0.717) is 23.9 Å². The van der Waals surface area contributed by atoms with Gasteiger partial charge in [0, 0.05) is 22.0 Å². The molecular weight excluding hydrogens is 268 g/mol. The first-order valence-electron chi connectivity index (χ1n) is 5.67. The Kier molecular flexibility index (Phi) is 4.58. The summed E-state index contributed by atoms with van der Waals surface area (Å²) in [5.74, 6) is 0. The van der Waals surface area contributed by atoms with Crippen molar-refractivity contribution >= 4 is 28.6 Å². The topological polar surface area (TPSA) is 48.1 Å². The lowest BCUT2D eigenvalue weighted by Crippen LogP contribution is -2.00. The van der Waals surface area contributed by atoms with Crippen molar-refractivity contribution in [3.05, 3.63) is 44.9 Å². The Balaban J connectivity index is 1.80. The van der Waals surface area contributed by atoms with Crippen molar-refractivity contribution in [3.63, 3.8) is 0 Å². The highest BCUT2D eigenvalue weighted by Gasteiger charge is 2.03. The highest BCUT2D eigenvalue weighted by molar-refractivity contribution is 7.09. The van der Waals surface area contributed by atoms with Crippen LogP contribution in [0.3, 0.4) is 0 Å². The van der Waals surface area contributed by atoms with Gasteiger partial charge in [0.2, 0.25) is 0 Å². The van der Waals surface area contributed by atoms with Gasteiger partial charge < -0.3 is 10.5 Å². The van der Waals surface area contributed by atoms with Gasteiger partial charge in [0.25, 0.3) is 0 Å². The number of nitrogens with zero attached hydrogens (tertiary/aromatic N) is 1. The second-order valence-electron chi connectivity index (χ2n) is 4.01. The molecule has 2 aromatic rings. The smallest absolute Gasteiger partial charge is 0.0797 e. The largest absolute Gasteiger partial charge is 0.399 e. The van der Waals surface area contributed by atoms with Gasteiger partial charge in [-0.15, -0.1) is 11.3 Å². The number of hydrogen-bond acceptors (Lipinski definition) is 4. The lowest BCUT2D eigenvalue weighted by atomic mass is 10.2. The predicted octanol–water partition coefficient (Wildman–Crippen LogP) is 3.45. The Morgan fingerprint density at radius 1 is 1.44 bits per heavy atom. The Morgan fingerprint density at radius 2 is 2.28 bits per heavy atom. The minimum Gasteiger partial charge on any atom is -0.399 e. The molecule has 0 fully saturated rings. The van der Waals surface area contributed by atoms with Gasteiger partial charge in [-0.05, 0) is 24.6 Å². The molecule has 1 aromatic carbocycles. The summed E-state index contributed by atoms with van der Waals surface area (Å²) in [6, 6.07) is 5.47. The number of benzene rings is 1. The van der Waals surface area contributed by atoms with Crippen molar-refractivity contribution in [2.75, 3.05) is 12.3 Å². The Labute approximate surface area is 116 Å². The molecule has 3 nitrogen and oxygen atoms in total. The number of aromatic nitrogens is 1. The zero-order valence-corrected chi connectivity index (χ0v) is 11.7. The number of hydrogen-bond donors (Lipinski definition) is 1. The van der Waals surface area contributed by atoms with E-state index in [1.54, 1.807) is 17.4 Å². The summed E-state index contributed by atoms with van der Waals surface area (Å²) in [6.07, 6.45) is 0.892. The minimum absolute atomic E-state index is 0.511. The SMILES string of the molecule is Cc1ncsc1CCOCc1ccc(N)cc1Cl. The van der Waals surface area contributed by atoms with Crippen LogP contribution in [0.25, 0.3) is 0 Å². The Morgan fingerprint density at radius 3 is 2.94 bits per heavy atom. The van der Waals surface area contributed by atoms with Gasteiger partial charge in [0.05, 0.1) is 24.4 Å². The number of rotatable bonds is 5. The molecule has 0 amide bonds. The summed E-state index contributed by atoms with van der Waals surface area (Å²) in [5, 5.41) is 0.656. The maximum Gasteiger partial charge on any atom is 0.0797 e. The van der Waals surface area contributed by atoms with Crippen LogP contribution in [0.4, 0.5) is 5.69 Å². The van der Waals surface area contributed by atoms with Gasteiger partial charge in [-0.25, -0.2) is 4.98 Å². The molecule has 0 saturated heterocycles. The number of nitrogens with two attached hydrogens (primary N) is 1. The van der Waals surface area contributed by atoms with Crippen LogP contribution in [0.15, 0.2) is 23.7 Å². The molecule has 0 aliphatic heterocycles. The number of anilines is 1. The van der Waals surface area contributed by atoms with Crippen molar-refractivity contribution in [1.29, 1.82) is 0 Å². The molecule has 0 saturated carbocycles. The van der Waals surface area contributed by atoms with Crippen molar-refractivity contribution in [2.45, 2.75) is 20.0 Å². The number of ether oxygens (including phenoxy) is 1. The zero-order chi connectivity index (χ0) is 13.0. The quantitative estimate of drug-likeness (QED) is 0.675. The van der Waals surface area contributed by atoms with Gasteiger partial charge in [-0.2, -0.15) is 0 Å². The predicted molar refractivity (Wildman–Crippen MR) is 76.1 cm³/mol. The molecule has 2 N–H and O–H groups in total. The van der Waals surface area contributed by atoms with E-state index in [0.717, 1.165) is 17.7 Å². The fraction of sp³-hybridized carbons (Fsp3) is 0.308. The summed E-state index contributed by atoms with van der Waals surface area (Å²) in [7, 11) is 0. The minimum atomic E-state index is 0.511. The third-order valence-corrected chi connectivity index (χ3v) is 4.00. The molecule has 1 heterocycles. The van der Waals surface area contributed by atoms with E-state index in [1.807, 2.05) is 24.6 Å². The molecule has 0 unspecified atom stereocenters. The fourth-order valence-electron chi connectivity index (χ4n) is 1.59. The van der Waals surface area contributed by atoms with Crippen LogP contribution in [0.5, 0.6) is 0 Å². The van der Waals surface area contributed by atoms with Gasteiger partial charge in [-0.1, -0.05) is 17.7 Å². The van der Waals surface area contributed by atoms with E-state index < -0.39 is 0 Å². The van der Waals surface area contributed by atoms with E-state index in [-0.39, 0.29) is 0 Å². The average molecular weight is 283 g/mol. The first-order chi connectivity index (χ1) is 8.66. The van der Waals surface area contributed by atoms with E-state index in [2.05, 4.69) is 4.98 Å². The zero-order valence-electron chi connectivity index (χ0n) is 10.1. The Bertz CT molecular complexity index is 527. The van der Waals surface area contributed by atoms with E-state index in [1.165, 1.54) is 4.88 Å². The third-order valence-electron chi connectivity index (χ3n) is 2.65. The van der Waals surface area contributed by atoms with Crippen LogP contribution in [-0.4, -0.2) is 11.6 Å². The lowest BCUT2D eigenvalue weighted by Gasteiger charge is -2.06. The third kappa shape index (κ3) is 3.45. The van der Waals surface area contributed by atoms with E-state index >= 15 is 0 Å². The summed E-state index contributed by atoms with van der Waals surface area (Å²) in [4.78, 5) is 5.48. The summed E-state index contributed by atoms with van der Waals surface area (Å²) in [5.41, 5.74) is 10.2. The number of halogens is 1. The first-order valence-corrected chi connectivity index (χ1v) is 6.93. The van der Waals surface area contributed by atoms with Crippen LogP contribution < -0.4 is 5.73 Å². The molecule has 0 aliphatic carbocycles. The summed E-state index contributed by atoms with van der Waals surface area (Å²) < 4.78 is 5.62. The van der Waals surface area contributed by atoms with Crippen molar-refractivity contribution in [3.8, 4) is 0 Å². The van der Waals surface area contributed by atoms with Crippen molar-refractivity contribution < 1.29 is 4.74 Å². The van der Waals surface area contributed by atoms with Gasteiger partial charge in [0.15, 0.2) is 0 Å². The normalized spacial score (nSPS) is 10.8. The van der Waals surface area contributed by atoms with Crippen LogP contribution in [0, 0.1) is 6.92 Å². The fourth-order valence-corrected chi connectivity index (χ4v) is 2.60. The highest BCUT2D eigenvalue weighted by Crippen LogP contribution is 2.20. The first kappa shape index (κ1) is 13.3. The van der Waals surface area contributed by atoms with E-state index in [9.17, 15) is 0 Å². The second kappa shape index (κ2) is 6.18. The monoisotopic (exact) mass is 282 g/mol. The lowest BCUT2D eigenvalue weighted by molar-refractivity contribution is 0.124. The number of thiazole rings is 1. The Hall–Kier alpha value is -1.10.